The van der Waals surface area contributed by atoms with E-state index in [4.69, 9.17) is 5.10 Å². The number of amides is 2. The van der Waals surface area contributed by atoms with Gasteiger partial charge in [-0.25, -0.2) is 9.78 Å². The first-order chi connectivity index (χ1) is 18.9. The number of fused-ring (bicyclic) bond motifs is 1. The molecule has 4 heterocycles. The van der Waals surface area contributed by atoms with Crippen LogP contribution in [0.15, 0.2) is 73.1 Å². The molecule has 198 valence electrons. The van der Waals surface area contributed by atoms with Crippen molar-refractivity contribution < 1.29 is 4.79 Å². The van der Waals surface area contributed by atoms with E-state index < -0.39 is 0 Å². The molecule has 0 bridgehead atoms. The second-order valence-electron chi connectivity index (χ2n) is 10.5. The summed E-state index contributed by atoms with van der Waals surface area (Å²) in [6.07, 6.45) is 6.50. The zero-order chi connectivity index (χ0) is 26.9. The van der Waals surface area contributed by atoms with E-state index in [1.807, 2.05) is 54.5 Å². The van der Waals surface area contributed by atoms with Crippen molar-refractivity contribution in [3.05, 3.63) is 78.6 Å². The standard InChI is InChI=1S/C31H33N7O/c1-36(2)31(39)33-24-12-10-23(11-13-24)29-27(20-37(3)35-29)25-14-15-32-30-26(25)18-28(34-30)22-8-6-21(7-9-22)19-38-16-4-5-17-38/h6-15,18,20H,4-5,16-17,19H2,1-3H3,(H,32,34)(H,33,39). The van der Waals surface area contributed by atoms with E-state index in [9.17, 15) is 4.79 Å². The number of anilines is 1. The molecular weight excluding hydrogens is 486 g/mol. The van der Waals surface area contributed by atoms with Crippen molar-refractivity contribution in [2.45, 2.75) is 19.4 Å². The van der Waals surface area contributed by atoms with Gasteiger partial charge in [0.1, 0.15) is 11.3 Å². The molecule has 8 heteroatoms. The number of aromatic amines is 1. The van der Waals surface area contributed by atoms with Crippen molar-refractivity contribution >= 4 is 22.8 Å². The van der Waals surface area contributed by atoms with Crippen LogP contribution in [0.3, 0.4) is 0 Å². The first-order valence-corrected chi connectivity index (χ1v) is 13.4. The number of rotatable bonds is 6. The molecule has 0 unspecified atom stereocenters. The Morgan fingerprint density at radius 2 is 1.69 bits per heavy atom. The van der Waals surface area contributed by atoms with Crippen LogP contribution < -0.4 is 5.32 Å². The van der Waals surface area contributed by atoms with Crippen LogP contribution >= 0.6 is 0 Å². The predicted molar refractivity (Wildman–Crippen MR) is 156 cm³/mol. The van der Waals surface area contributed by atoms with E-state index in [0.29, 0.717) is 0 Å². The van der Waals surface area contributed by atoms with Gasteiger partial charge in [0.15, 0.2) is 0 Å². The van der Waals surface area contributed by atoms with Crippen LogP contribution in [-0.2, 0) is 13.6 Å². The van der Waals surface area contributed by atoms with Gasteiger partial charge in [0.05, 0.1) is 0 Å². The zero-order valence-corrected chi connectivity index (χ0v) is 22.6. The number of nitrogens with one attached hydrogen (secondary N) is 2. The number of aryl methyl sites for hydroxylation is 1. The molecule has 3 aromatic heterocycles. The monoisotopic (exact) mass is 519 g/mol. The Hall–Kier alpha value is -4.43. The van der Waals surface area contributed by atoms with Gasteiger partial charge in [-0.2, -0.15) is 5.10 Å². The lowest BCUT2D eigenvalue weighted by atomic mass is 10.00. The first-order valence-electron chi connectivity index (χ1n) is 13.4. The Morgan fingerprint density at radius 1 is 0.974 bits per heavy atom. The van der Waals surface area contributed by atoms with Crippen LogP contribution in [0.5, 0.6) is 0 Å². The van der Waals surface area contributed by atoms with Gasteiger partial charge in [0.25, 0.3) is 0 Å². The molecule has 2 N–H and O–H groups in total. The third-order valence-electron chi connectivity index (χ3n) is 7.34. The smallest absolute Gasteiger partial charge is 0.321 e. The SMILES string of the molecule is CN(C)C(=O)Nc1ccc(-c2nn(C)cc2-c2ccnc3[nH]c(-c4ccc(CN5CCCC5)cc4)cc23)cc1. The number of pyridine rings is 1. The van der Waals surface area contributed by atoms with E-state index in [1.54, 1.807) is 14.1 Å². The number of hydrogen-bond donors (Lipinski definition) is 2. The minimum absolute atomic E-state index is 0.162. The number of benzene rings is 2. The van der Waals surface area contributed by atoms with Crippen molar-refractivity contribution in [2.75, 3.05) is 32.5 Å². The highest BCUT2D eigenvalue weighted by molar-refractivity contribution is 5.99. The normalized spacial score (nSPS) is 13.7. The lowest BCUT2D eigenvalue weighted by molar-refractivity contribution is 0.230. The topological polar surface area (TPSA) is 82.1 Å². The molecule has 1 fully saturated rings. The van der Waals surface area contributed by atoms with Crippen LogP contribution in [0.1, 0.15) is 18.4 Å². The third-order valence-corrected chi connectivity index (χ3v) is 7.34. The van der Waals surface area contributed by atoms with E-state index in [-0.39, 0.29) is 6.03 Å². The second-order valence-corrected chi connectivity index (χ2v) is 10.5. The lowest BCUT2D eigenvalue weighted by Gasteiger charge is -2.14. The van der Waals surface area contributed by atoms with Crippen molar-refractivity contribution in [3.63, 3.8) is 0 Å². The van der Waals surface area contributed by atoms with Gasteiger partial charge in [0, 0.05) is 68.0 Å². The predicted octanol–water partition coefficient (Wildman–Crippen LogP) is 5.99. The van der Waals surface area contributed by atoms with E-state index in [0.717, 1.165) is 56.9 Å². The highest BCUT2D eigenvalue weighted by atomic mass is 16.2. The summed E-state index contributed by atoms with van der Waals surface area (Å²) in [5, 5.41) is 8.72. The van der Waals surface area contributed by atoms with Gasteiger partial charge < -0.3 is 15.2 Å². The third kappa shape index (κ3) is 5.15. The number of likely N-dealkylation sites (tertiary alicyclic amines) is 1. The molecule has 0 atom stereocenters. The number of aromatic nitrogens is 4. The van der Waals surface area contributed by atoms with Gasteiger partial charge in [-0.05, 0) is 66.9 Å². The van der Waals surface area contributed by atoms with Crippen LogP contribution in [0.25, 0.3) is 44.7 Å². The fraction of sp³-hybridized carbons (Fsp3) is 0.258. The average molecular weight is 520 g/mol. The average Bonchev–Trinajstić information content (AvgIpc) is 3.69. The summed E-state index contributed by atoms with van der Waals surface area (Å²) in [4.78, 5) is 24.2. The van der Waals surface area contributed by atoms with Crippen LogP contribution in [0.2, 0.25) is 0 Å². The summed E-state index contributed by atoms with van der Waals surface area (Å²) in [7, 11) is 5.37. The summed E-state index contributed by atoms with van der Waals surface area (Å²) < 4.78 is 1.84. The fourth-order valence-corrected chi connectivity index (χ4v) is 5.25. The maximum atomic E-state index is 12.0. The number of carbonyl (C=O) groups is 1. The Kier molecular flexibility index (Phi) is 6.62. The van der Waals surface area contributed by atoms with E-state index in [1.165, 1.54) is 36.4 Å². The van der Waals surface area contributed by atoms with Crippen LogP contribution in [0.4, 0.5) is 10.5 Å². The number of nitrogens with zero attached hydrogens (tertiary/aromatic N) is 5. The molecule has 0 saturated carbocycles. The Bertz CT molecular complexity index is 1610. The number of hydrogen-bond acceptors (Lipinski definition) is 4. The molecule has 2 aromatic carbocycles. The molecule has 5 aromatic rings. The fourth-order valence-electron chi connectivity index (χ4n) is 5.25. The summed E-state index contributed by atoms with van der Waals surface area (Å²) in [6, 6.07) is 20.7. The molecule has 8 nitrogen and oxygen atoms in total. The molecule has 6 rings (SSSR count). The second kappa shape index (κ2) is 10.4. The van der Waals surface area contributed by atoms with Gasteiger partial charge in [-0.15, -0.1) is 0 Å². The maximum absolute atomic E-state index is 12.0. The summed E-state index contributed by atoms with van der Waals surface area (Å²) in [5.41, 5.74) is 9.08. The highest BCUT2D eigenvalue weighted by Gasteiger charge is 2.17. The number of urea groups is 1. The van der Waals surface area contributed by atoms with Crippen molar-refractivity contribution in [3.8, 4) is 33.6 Å². The Balaban J connectivity index is 1.30. The molecule has 2 amide bonds. The quantitative estimate of drug-likeness (QED) is 0.289. The Labute approximate surface area is 228 Å². The zero-order valence-electron chi connectivity index (χ0n) is 22.6. The molecule has 0 spiro atoms. The highest BCUT2D eigenvalue weighted by Crippen LogP contribution is 2.37. The van der Waals surface area contributed by atoms with Gasteiger partial charge in [0.2, 0.25) is 0 Å². The molecule has 39 heavy (non-hydrogen) atoms. The number of carbonyl (C=O) groups excluding carboxylic acids is 1. The van der Waals surface area contributed by atoms with Crippen LogP contribution in [-0.4, -0.2) is 62.8 Å². The van der Waals surface area contributed by atoms with Crippen molar-refractivity contribution in [1.29, 1.82) is 0 Å². The maximum Gasteiger partial charge on any atom is 0.321 e. The summed E-state index contributed by atoms with van der Waals surface area (Å²) in [6.45, 7) is 3.42. The largest absolute Gasteiger partial charge is 0.339 e. The van der Waals surface area contributed by atoms with E-state index in [2.05, 4.69) is 50.5 Å². The van der Waals surface area contributed by atoms with E-state index >= 15 is 0 Å². The Morgan fingerprint density at radius 3 is 2.41 bits per heavy atom. The molecule has 0 aliphatic carbocycles. The minimum Gasteiger partial charge on any atom is -0.339 e. The first kappa shape index (κ1) is 24.9. The minimum atomic E-state index is -0.162. The molecule has 0 radical (unpaired) electrons. The van der Waals surface area contributed by atoms with Crippen LogP contribution in [0, 0.1) is 0 Å². The molecule has 1 aliphatic rings. The molecule has 1 aliphatic heterocycles. The van der Waals surface area contributed by atoms with Crippen molar-refractivity contribution in [1.82, 2.24) is 29.5 Å². The summed E-state index contributed by atoms with van der Waals surface area (Å²) >= 11 is 0. The molecule has 1 saturated heterocycles. The van der Waals surface area contributed by atoms with Gasteiger partial charge in [-0.3, -0.25) is 9.58 Å². The summed E-state index contributed by atoms with van der Waals surface area (Å²) in [5.74, 6) is 0. The van der Waals surface area contributed by atoms with Gasteiger partial charge >= 0.3 is 6.03 Å². The molecular formula is C31H33N7O. The van der Waals surface area contributed by atoms with Crippen molar-refractivity contribution in [2.24, 2.45) is 7.05 Å². The lowest BCUT2D eigenvalue weighted by Crippen LogP contribution is -2.27. The van der Waals surface area contributed by atoms with Gasteiger partial charge in [-0.1, -0.05) is 36.4 Å². The number of H-pyrrole nitrogens is 1.